The number of anilines is 1. The van der Waals surface area contributed by atoms with Crippen molar-refractivity contribution in [3.8, 4) is 11.5 Å². The number of rotatable bonds is 4. The van der Waals surface area contributed by atoms with Gasteiger partial charge in [-0.15, -0.1) is 4.40 Å². The molecule has 2 heterocycles. The van der Waals surface area contributed by atoms with E-state index in [0.29, 0.717) is 35.0 Å². The van der Waals surface area contributed by atoms with Gasteiger partial charge < -0.3 is 19.7 Å². The topological polar surface area (TPSA) is 97.3 Å². The molecule has 1 N–H and O–H groups in total. The van der Waals surface area contributed by atoms with E-state index >= 15 is 0 Å². The first-order valence-corrected chi connectivity index (χ1v) is 10.7. The number of nitrogens with one attached hydrogen (secondary N) is 1. The molecule has 0 bridgehead atoms. The van der Waals surface area contributed by atoms with Crippen LogP contribution in [0.4, 0.5) is 5.69 Å². The Balaban J connectivity index is 1.50. The van der Waals surface area contributed by atoms with Crippen molar-refractivity contribution in [3.63, 3.8) is 0 Å². The number of sulfonamides is 1. The van der Waals surface area contributed by atoms with Gasteiger partial charge in [0.05, 0.1) is 9.92 Å². The van der Waals surface area contributed by atoms with Gasteiger partial charge in [-0.3, -0.25) is 4.79 Å². The average molecular weight is 436 g/mol. The summed E-state index contributed by atoms with van der Waals surface area (Å²) < 4.78 is 39.4. The molecular weight excluding hydrogens is 418 g/mol. The molecule has 0 atom stereocenters. The average Bonchev–Trinajstić information content (AvgIpc) is 3.31. The van der Waals surface area contributed by atoms with Gasteiger partial charge in [-0.2, -0.15) is 8.42 Å². The van der Waals surface area contributed by atoms with Gasteiger partial charge in [0, 0.05) is 31.3 Å². The molecule has 0 aliphatic carbocycles. The number of ether oxygens (including phenoxy) is 2. The molecule has 2 aliphatic heterocycles. The van der Waals surface area contributed by atoms with Crippen LogP contribution in [0.2, 0.25) is 5.02 Å². The van der Waals surface area contributed by atoms with Crippen molar-refractivity contribution in [2.75, 3.05) is 25.7 Å². The smallest absolute Gasteiger partial charge is 0.283 e. The molecular formula is C19H18ClN3O5S. The quantitative estimate of drug-likeness (QED) is 0.792. The number of hydrogen-bond acceptors (Lipinski definition) is 5. The molecule has 29 heavy (non-hydrogen) atoms. The monoisotopic (exact) mass is 435 g/mol. The summed E-state index contributed by atoms with van der Waals surface area (Å²) in [6, 6.07) is 8.87. The number of amidine groups is 1. The van der Waals surface area contributed by atoms with E-state index in [-0.39, 0.29) is 16.7 Å². The molecule has 2 aromatic rings. The molecule has 1 amide bonds. The molecule has 1 fully saturated rings. The lowest BCUT2D eigenvalue weighted by atomic mass is 10.2. The van der Waals surface area contributed by atoms with E-state index in [1.165, 1.54) is 36.4 Å². The van der Waals surface area contributed by atoms with E-state index in [1.54, 1.807) is 0 Å². The van der Waals surface area contributed by atoms with Crippen molar-refractivity contribution >= 4 is 39.1 Å². The second kappa shape index (κ2) is 7.57. The first kappa shape index (κ1) is 19.5. The van der Waals surface area contributed by atoms with E-state index in [2.05, 4.69) is 9.71 Å². The maximum absolute atomic E-state index is 12.5. The van der Waals surface area contributed by atoms with Crippen LogP contribution in [0.15, 0.2) is 45.7 Å². The molecule has 0 unspecified atom stereocenters. The Morgan fingerprint density at radius 3 is 2.66 bits per heavy atom. The Morgan fingerprint density at radius 2 is 1.97 bits per heavy atom. The highest BCUT2D eigenvalue weighted by Gasteiger charge is 2.22. The van der Waals surface area contributed by atoms with Crippen molar-refractivity contribution < 1.29 is 22.7 Å². The molecule has 1 saturated heterocycles. The van der Waals surface area contributed by atoms with Crippen molar-refractivity contribution in [2.45, 2.75) is 17.7 Å². The zero-order valence-electron chi connectivity index (χ0n) is 15.5. The maximum Gasteiger partial charge on any atom is 0.283 e. The van der Waals surface area contributed by atoms with Crippen LogP contribution in [0.3, 0.4) is 0 Å². The zero-order chi connectivity index (χ0) is 20.6. The number of hydrogen-bond donors (Lipinski definition) is 1. The van der Waals surface area contributed by atoms with Gasteiger partial charge in [0.1, 0.15) is 5.84 Å². The first-order chi connectivity index (χ1) is 13.8. The first-order valence-electron chi connectivity index (χ1n) is 8.89. The number of fused-ring (bicyclic) bond motifs is 1. The summed E-state index contributed by atoms with van der Waals surface area (Å²) in [5.41, 5.74) is 0.736. The van der Waals surface area contributed by atoms with Crippen molar-refractivity contribution in [1.82, 2.24) is 4.90 Å². The lowest BCUT2D eigenvalue weighted by molar-refractivity contribution is 0.102. The lowest BCUT2D eigenvalue weighted by Gasteiger charge is -2.11. The standard InChI is InChI=1S/C19H18ClN3O5S/c1-23-8-2-3-17(23)22-29(25,26)14-6-4-13(5-7-14)21-19(24)12-9-15(20)18-16(10-12)27-11-28-18/h4-7,9-10H,2-3,8,11H2,1H3,(H,21,24)/b22-17+. The van der Waals surface area contributed by atoms with Gasteiger partial charge >= 0.3 is 0 Å². The number of halogens is 1. The van der Waals surface area contributed by atoms with E-state index < -0.39 is 15.9 Å². The Kier molecular flexibility index (Phi) is 5.10. The summed E-state index contributed by atoms with van der Waals surface area (Å²) in [4.78, 5) is 14.4. The Morgan fingerprint density at radius 1 is 1.21 bits per heavy atom. The molecule has 0 saturated carbocycles. The Labute approximate surface area is 173 Å². The third kappa shape index (κ3) is 4.01. The fraction of sp³-hybridized carbons (Fsp3) is 0.263. The molecule has 152 valence electrons. The van der Waals surface area contributed by atoms with Gasteiger partial charge in [0.25, 0.3) is 15.9 Å². The molecule has 8 nitrogen and oxygen atoms in total. The lowest BCUT2D eigenvalue weighted by Crippen LogP contribution is -2.20. The van der Waals surface area contributed by atoms with Crippen LogP contribution in [0.1, 0.15) is 23.2 Å². The normalized spacial score (nSPS) is 17.0. The molecule has 0 aromatic heterocycles. The highest BCUT2D eigenvalue weighted by Crippen LogP contribution is 2.39. The third-order valence-corrected chi connectivity index (χ3v) is 6.26. The van der Waals surface area contributed by atoms with Crippen LogP contribution in [-0.2, 0) is 10.0 Å². The highest BCUT2D eigenvalue weighted by molar-refractivity contribution is 7.90. The predicted octanol–water partition coefficient (Wildman–Crippen LogP) is 3.13. The molecule has 2 aromatic carbocycles. The third-order valence-electron chi connectivity index (χ3n) is 4.66. The summed E-state index contributed by atoms with van der Waals surface area (Å²) in [6.07, 6.45) is 1.53. The Bertz CT molecular complexity index is 1100. The van der Waals surface area contributed by atoms with Crippen molar-refractivity contribution in [2.24, 2.45) is 4.40 Å². The second-order valence-corrected chi connectivity index (χ2v) is 8.69. The SMILES string of the molecule is CN1CCC/C1=N\S(=O)(=O)c1ccc(NC(=O)c2cc(Cl)c3c(c2)OCO3)cc1. The van der Waals surface area contributed by atoms with Gasteiger partial charge in [0.2, 0.25) is 6.79 Å². The minimum Gasteiger partial charge on any atom is -0.454 e. The summed E-state index contributed by atoms with van der Waals surface area (Å²) in [5, 5.41) is 2.98. The second-order valence-electron chi connectivity index (χ2n) is 6.68. The van der Waals surface area contributed by atoms with Crippen LogP contribution >= 0.6 is 11.6 Å². The zero-order valence-corrected chi connectivity index (χ0v) is 17.1. The summed E-state index contributed by atoms with van der Waals surface area (Å²) in [5.74, 6) is 0.961. The van der Waals surface area contributed by atoms with Crippen LogP contribution in [-0.4, -0.2) is 45.4 Å². The molecule has 2 aliphatic rings. The van der Waals surface area contributed by atoms with Gasteiger partial charge in [-0.05, 0) is 42.8 Å². The number of likely N-dealkylation sites (tertiary alicyclic amines) is 1. The number of carbonyl (C=O) groups is 1. The largest absolute Gasteiger partial charge is 0.454 e. The van der Waals surface area contributed by atoms with E-state index in [1.807, 2.05) is 11.9 Å². The van der Waals surface area contributed by atoms with Crippen LogP contribution in [0.5, 0.6) is 11.5 Å². The molecule has 0 radical (unpaired) electrons. The maximum atomic E-state index is 12.5. The van der Waals surface area contributed by atoms with E-state index in [4.69, 9.17) is 21.1 Å². The van der Waals surface area contributed by atoms with E-state index in [9.17, 15) is 13.2 Å². The number of amides is 1. The van der Waals surface area contributed by atoms with Crippen LogP contribution < -0.4 is 14.8 Å². The van der Waals surface area contributed by atoms with Crippen molar-refractivity contribution in [3.05, 3.63) is 47.0 Å². The van der Waals surface area contributed by atoms with Crippen LogP contribution in [0.25, 0.3) is 0 Å². The predicted molar refractivity (Wildman–Crippen MR) is 108 cm³/mol. The van der Waals surface area contributed by atoms with Crippen LogP contribution in [0, 0.1) is 0 Å². The van der Waals surface area contributed by atoms with E-state index in [0.717, 1.165) is 13.0 Å². The molecule has 0 spiro atoms. The van der Waals surface area contributed by atoms with Crippen molar-refractivity contribution in [1.29, 1.82) is 0 Å². The van der Waals surface area contributed by atoms with Gasteiger partial charge in [-0.1, -0.05) is 11.6 Å². The molecule has 10 heteroatoms. The fourth-order valence-electron chi connectivity index (χ4n) is 3.11. The van der Waals surface area contributed by atoms with Gasteiger partial charge in [0.15, 0.2) is 11.5 Å². The minimum atomic E-state index is -3.80. The number of benzene rings is 2. The summed E-state index contributed by atoms with van der Waals surface area (Å²) >= 11 is 6.11. The molecule has 4 rings (SSSR count). The number of carbonyl (C=O) groups excluding carboxylic acids is 1. The minimum absolute atomic E-state index is 0.0516. The van der Waals surface area contributed by atoms with Gasteiger partial charge in [-0.25, -0.2) is 0 Å². The number of nitrogens with zero attached hydrogens (tertiary/aromatic N) is 2. The summed E-state index contributed by atoms with van der Waals surface area (Å²) in [7, 11) is -1.98. The highest BCUT2D eigenvalue weighted by atomic mass is 35.5. The Hall–Kier alpha value is -2.78. The summed E-state index contributed by atoms with van der Waals surface area (Å²) in [6.45, 7) is 0.846. The fourth-order valence-corrected chi connectivity index (χ4v) is 4.47.